The topological polar surface area (TPSA) is 66.5 Å². The SMILES string of the molecule is Cc1ccc(NC(=O)CN(c2cccc(C)c2)S(=O)(=O)c2ccc(Cl)cc2)cc1. The first-order valence-electron chi connectivity index (χ1n) is 8.97. The van der Waals surface area contributed by atoms with Crippen molar-refractivity contribution in [2.24, 2.45) is 0 Å². The molecule has 0 aliphatic rings. The Morgan fingerprint density at radius 1 is 0.931 bits per heavy atom. The van der Waals surface area contributed by atoms with Gasteiger partial charge in [0.2, 0.25) is 5.91 Å². The van der Waals surface area contributed by atoms with Crippen molar-refractivity contribution < 1.29 is 13.2 Å². The van der Waals surface area contributed by atoms with E-state index in [1.54, 1.807) is 30.3 Å². The van der Waals surface area contributed by atoms with E-state index in [1.165, 1.54) is 24.3 Å². The summed E-state index contributed by atoms with van der Waals surface area (Å²) in [6.07, 6.45) is 0. The van der Waals surface area contributed by atoms with Crippen molar-refractivity contribution in [3.05, 3.63) is 88.9 Å². The zero-order chi connectivity index (χ0) is 21.0. The number of nitrogens with one attached hydrogen (secondary N) is 1. The molecular formula is C22H21ClN2O3S. The van der Waals surface area contributed by atoms with Gasteiger partial charge in [0.15, 0.2) is 0 Å². The second-order valence-corrected chi connectivity index (χ2v) is 9.02. The van der Waals surface area contributed by atoms with Crippen molar-refractivity contribution in [3.63, 3.8) is 0 Å². The largest absolute Gasteiger partial charge is 0.325 e. The Morgan fingerprint density at radius 3 is 2.21 bits per heavy atom. The third kappa shape index (κ3) is 5.16. The van der Waals surface area contributed by atoms with E-state index < -0.39 is 15.9 Å². The molecule has 3 rings (SSSR count). The minimum Gasteiger partial charge on any atom is -0.325 e. The summed E-state index contributed by atoms with van der Waals surface area (Å²) in [6, 6.07) is 20.2. The molecule has 0 heterocycles. The van der Waals surface area contributed by atoms with Gasteiger partial charge < -0.3 is 5.32 Å². The van der Waals surface area contributed by atoms with E-state index in [4.69, 9.17) is 11.6 Å². The number of rotatable bonds is 6. The van der Waals surface area contributed by atoms with Gasteiger partial charge in [-0.05, 0) is 67.9 Å². The number of amides is 1. The summed E-state index contributed by atoms with van der Waals surface area (Å²) in [6.45, 7) is 3.45. The van der Waals surface area contributed by atoms with Crippen molar-refractivity contribution in [1.82, 2.24) is 0 Å². The van der Waals surface area contributed by atoms with Crippen molar-refractivity contribution >= 4 is 38.9 Å². The molecule has 5 nitrogen and oxygen atoms in total. The summed E-state index contributed by atoms with van der Waals surface area (Å²) in [5.74, 6) is -0.437. The molecule has 0 aliphatic carbocycles. The first-order chi connectivity index (χ1) is 13.8. The fraction of sp³-hybridized carbons (Fsp3) is 0.136. The monoisotopic (exact) mass is 428 g/mol. The molecule has 0 atom stereocenters. The highest BCUT2D eigenvalue weighted by atomic mass is 35.5. The standard InChI is InChI=1S/C22H21ClN2O3S/c1-16-6-10-19(11-7-16)24-22(26)15-25(20-5-3-4-17(2)14-20)29(27,28)21-12-8-18(23)9-13-21/h3-14H,15H2,1-2H3,(H,24,26). The Labute approximate surface area is 176 Å². The van der Waals surface area contributed by atoms with Crippen LogP contribution in [-0.2, 0) is 14.8 Å². The Balaban J connectivity index is 1.93. The number of sulfonamides is 1. The van der Waals surface area contributed by atoms with Crippen LogP contribution in [0.4, 0.5) is 11.4 Å². The molecule has 3 aromatic rings. The van der Waals surface area contributed by atoms with Crippen LogP contribution in [0, 0.1) is 13.8 Å². The third-order valence-electron chi connectivity index (χ3n) is 4.31. The fourth-order valence-electron chi connectivity index (χ4n) is 2.80. The first kappa shape index (κ1) is 20.9. The van der Waals surface area contributed by atoms with Gasteiger partial charge in [0.25, 0.3) is 10.0 Å². The van der Waals surface area contributed by atoms with E-state index in [-0.39, 0.29) is 11.4 Å². The second kappa shape index (κ2) is 8.68. The van der Waals surface area contributed by atoms with Crippen molar-refractivity contribution in [2.45, 2.75) is 18.7 Å². The molecule has 0 fully saturated rings. The predicted octanol–water partition coefficient (Wildman–Crippen LogP) is 4.79. The molecule has 29 heavy (non-hydrogen) atoms. The van der Waals surface area contributed by atoms with Crippen LogP contribution in [0.1, 0.15) is 11.1 Å². The maximum absolute atomic E-state index is 13.3. The minimum atomic E-state index is -3.97. The average Bonchev–Trinajstić information content (AvgIpc) is 2.68. The number of nitrogens with zero attached hydrogens (tertiary/aromatic N) is 1. The number of carbonyl (C=O) groups is 1. The lowest BCUT2D eigenvalue weighted by atomic mass is 10.2. The van der Waals surface area contributed by atoms with E-state index >= 15 is 0 Å². The molecule has 0 saturated carbocycles. The van der Waals surface area contributed by atoms with E-state index in [9.17, 15) is 13.2 Å². The maximum atomic E-state index is 13.3. The average molecular weight is 429 g/mol. The lowest BCUT2D eigenvalue weighted by Gasteiger charge is -2.24. The van der Waals surface area contributed by atoms with Gasteiger partial charge in [0.1, 0.15) is 6.54 Å². The lowest BCUT2D eigenvalue weighted by molar-refractivity contribution is -0.114. The molecule has 0 saturated heterocycles. The number of hydrogen-bond acceptors (Lipinski definition) is 3. The number of hydrogen-bond donors (Lipinski definition) is 1. The highest BCUT2D eigenvalue weighted by Crippen LogP contribution is 2.25. The summed E-state index contributed by atoms with van der Waals surface area (Å²) in [4.78, 5) is 12.7. The van der Waals surface area contributed by atoms with Gasteiger partial charge in [0.05, 0.1) is 10.6 Å². The van der Waals surface area contributed by atoms with Crippen LogP contribution < -0.4 is 9.62 Å². The molecule has 7 heteroatoms. The Morgan fingerprint density at radius 2 is 1.59 bits per heavy atom. The Kier molecular flexibility index (Phi) is 6.25. The number of carbonyl (C=O) groups excluding carboxylic acids is 1. The van der Waals surface area contributed by atoms with Gasteiger partial charge in [-0.25, -0.2) is 8.42 Å². The lowest BCUT2D eigenvalue weighted by Crippen LogP contribution is -2.38. The van der Waals surface area contributed by atoms with Gasteiger partial charge in [-0.1, -0.05) is 41.4 Å². The smallest absolute Gasteiger partial charge is 0.264 e. The molecule has 3 aromatic carbocycles. The number of anilines is 2. The normalized spacial score (nSPS) is 11.1. The molecule has 0 spiro atoms. The van der Waals surface area contributed by atoms with E-state index in [1.807, 2.05) is 32.0 Å². The van der Waals surface area contributed by atoms with Crippen molar-refractivity contribution in [3.8, 4) is 0 Å². The van der Waals surface area contributed by atoms with Crippen molar-refractivity contribution in [1.29, 1.82) is 0 Å². The second-order valence-electron chi connectivity index (χ2n) is 6.72. The van der Waals surface area contributed by atoms with Crippen LogP contribution in [0.5, 0.6) is 0 Å². The highest BCUT2D eigenvalue weighted by Gasteiger charge is 2.27. The van der Waals surface area contributed by atoms with Crippen LogP contribution in [0.25, 0.3) is 0 Å². The number of halogens is 1. The van der Waals surface area contributed by atoms with E-state index in [0.717, 1.165) is 15.4 Å². The molecule has 150 valence electrons. The number of aryl methyl sites for hydroxylation is 2. The first-order valence-corrected chi connectivity index (χ1v) is 10.8. The molecule has 0 aliphatic heterocycles. The molecule has 1 N–H and O–H groups in total. The van der Waals surface area contributed by atoms with Crippen LogP contribution in [0.2, 0.25) is 5.02 Å². The molecule has 0 aromatic heterocycles. The van der Waals surface area contributed by atoms with Gasteiger partial charge in [0, 0.05) is 10.7 Å². The van der Waals surface area contributed by atoms with Crippen LogP contribution in [-0.4, -0.2) is 20.9 Å². The Bertz CT molecular complexity index is 1110. The van der Waals surface area contributed by atoms with E-state index in [2.05, 4.69) is 5.32 Å². The van der Waals surface area contributed by atoms with Gasteiger partial charge >= 0.3 is 0 Å². The molecule has 0 radical (unpaired) electrons. The summed E-state index contributed by atoms with van der Waals surface area (Å²) in [7, 11) is -3.97. The summed E-state index contributed by atoms with van der Waals surface area (Å²) in [5.41, 5.74) is 2.97. The zero-order valence-electron chi connectivity index (χ0n) is 16.1. The molecular weight excluding hydrogens is 408 g/mol. The predicted molar refractivity (Wildman–Crippen MR) is 117 cm³/mol. The van der Waals surface area contributed by atoms with Crippen LogP contribution in [0.3, 0.4) is 0 Å². The fourth-order valence-corrected chi connectivity index (χ4v) is 4.34. The van der Waals surface area contributed by atoms with Gasteiger partial charge in [-0.15, -0.1) is 0 Å². The molecule has 0 bridgehead atoms. The van der Waals surface area contributed by atoms with Crippen LogP contribution in [0.15, 0.2) is 77.7 Å². The summed E-state index contributed by atoms with van der Waals surface area (Å²) in [5, 5.41) is 3.18. The van der Waals surface area contributed by atoms with Gasteiger partial charge in [-0.3, -0.25) is 9.10 Å². The summed E-state index contributed by atoms with van der Waals surface area (Å²) >= 11 is 5.89. The van der Waals surface area contributed by atoms with Gasteiger partial charge in [-0.2, -0.15) is 0 Å². The Hall–Kier alpha value is -2.83. The van der Waals surface area contributed by atoms with Crippen LogP contribution >= 0.6 is 11.6 Å². The minimum absolute atomic E-state index is 0.0616. The maximum Gasteiger partial charge on any atom is 0.264 e. The van der Waals surface area contributed by atoms with E-state index in [0.29, 0.717) is 16.4 Å². The third-order valence-corrected chi connectivity index (χ3v) is 6.35. The number of benzene rings is 3. The zero-order valence-corrected chi connectivity index (χ0v) is 17.7. The van der Waals surface area contributed by atoms with Crippen molar-refractivity contribution in [2.75, 3.05) is 16.2 Å². The molecule has 1 amide bonds. The highest BCUT2D eigenvalue weighted by molar-refractivity contribution is 7.92. The quantitative estimate of drug-likeness (QED) is 0.613. The molecule has 0 unspecified atom stereocenters. The summed E-state index contributed by atoms with van der Waals surface area (Å²) < 4.78 is 27.7.